The number of ether oxygens (including phenoxy) is 2. The molecule has 0 saturated heterocycles. The van der Waals surface area contributed by atoms with E-state index in [-0.39, 0.29) is 19.0 Å². The van der Waals surface area contributed by atoms with Crippen LogP contribution in [0.4, 0.5) is 0 Å². The molecule has 0 spiro atoms. The number of hydrogen-bond acceptors (Lipinski definition) is 8. The number of nitrogens with two attached hydrogens (primary N) is 1. The number of hydrogen-bond donors (Lipinski definition) is 2. The van der Waals surface area contributed by atoms with Gasteiger partial charge in [0, 0.05) is 12.3 Å². The van der Waals surface area contributed by atoms with Gasteiger partial charge in [0.05, 0.1) is 17.8 Å². The number of nitrogens with zero attached hydrogens (tertiary/aromatic N) is 4. The zero-order valence-electron chi connectivity index (χ0n) is 17.4. The summed E-state index contributed by atoms with van der Waals surface area (Å²) >= 11 is 7.88. The predicted octanol–water partition coefficient (Wildman–Crippen LogP) is 2.88. The van der Waals surface area contributed by atoms with E-state index in [1.807, 2.05) is 36.4 Å². The normalized spacial score (nSPS) is 10.4. The van der Waals surface area contributed by atoms with Crippen LogP contribution in [0.3, 0.4) is 0 Å². The fourth-order valence-electron chi connectivity index (χ4n) is 2.75. The van der Waals surface area contributed by atoms with Crippen LogP contribution in [0.5, 0.6) is 11.5 Å². The van der Waals surface area contributed by atoms with Crippen molar-refractivity contribution in [3.63, 3.8) is 0 Å². The molecule has 0 atom stereocenters. The number of para-hydroxylation sites is 1. The fourth-order valence-corrected chi connectivity index (χ4v) is 3.87. The third-order valence-electron chi connectivity index (χ3n) is 4.15. The van der Waals surface area contributed by atoms with Crippen molar-refractivity contribution in [2.45, 2.75) is 18.1 Å². The quantitative estimate of drug-likeness (QED) is 0.289. The van der Waals surface area contributed by atoms with Gasteiger partial charge in [0.2, 0.25) is 5.16 Å². The second kappa shape index (κ2) is 13.1. The summed E-state index contributed by atoms with van der Waals surface area (Å²) < 4.78 is 12.4. The van der Waals surface area contributed by atoms with E-state index in [1.165, 1.54) is 7.11 Å². The third kappa shape index (κ3) is 7.27. The first-order valence-corrected chi connectivity index (χ1v) is 10.9. The molecule has 1 aromatic heterocycles. The number of nitrogens with one attached hydrogen (secondary N) is 1. The number of carbonyl (C=O) groups excluding carboxylic acids is 1. The minimum absolute atomic E-state index is 0. The van der Waals surface area contributed by atoms with E-state index >= 15 is 0 Å². The van der Waals surface area contributed by atoms with Crippen molar-refractivity contribution >= 4 is 41.7 Å². The van der Waals surface area contributed by atoms with Crippen molar-refractivity contribution in [2.75, 3.05) is 26.0 Å². The molecule has 0 aliphatic carbocycles. The summed E-state index contributed by atoms with van der Waals surface area (Å²) in [5.41, 5.74) is 6.99. The van der Waals surface area contributed by atoms with Gasteiger partial charge in [-0.25, -0.2) is 0 Å². The highest BCUT2D eigenvalue weighted by Crippen LogP contribution is 2.36. The molecule has 32 heavy (non-hydrogen) atoms. The van der Waals surface area contributed by atoms with Crippen LogP contribution in [0.1, 0.15) is 12.0 Å². The molecule has 3 N–H and O–H groups in total. The van der Waals surface area contributed by atoms with Crippen molar-refractivity contribution in [1.29, 1.82) is 0 Å². The van der Waals surface area contributed by atoms with Gasteiger partial charge in [-0.15, -0.1) is 17.5 Å². The average molecular weight is 499 g/mol. The van der Waals surface area contributed by atoms with Crippen LogP contribution in [0.2, 0.25) is 5.02 Å². The third-order valence-corrected chi connectivity index (χ3v) is 5.43. The van der Waals surface area contributed by atoms with Gasteiger partial charge in [0.1, 0.15) is 0 Å². The van der Waals surface area contributed by atoms with Gasteiger partial charge in [-0.1, -0.05) is 41.6 Å². The lowest BCUT2D eigenvalue weighted by atomic mass is 10.2. The topological polar surface area (TPSA) is 117 Å². The number of carbonyl (C=O) groups is 1. The maximum Gasteiger partial charge on any atom is 0.255 e. The second-order valence-electron chi connectivity index (χ2n) is 6.45. The van der Waals surface area contributed by atoms with Crippen molar-refractivity contribution in [1.82, 2.24) is 25.5 Å². The molecular weight excluding hydrogens is 475 g/mol. The average Bonchev–Trinajstić information content (AvgIpc) is 3.24. The molecule has 9 nitrogen and oxygen atoms in total. The number of benzene rings is 2. The fraction of sp³-hybridized carbons (Fsp3) is 0.300. The Morgan fingerprint density at radius 1 is 1.28 bits per heavy atom. The Morgan fingerprint density at radius 2 is 2.06 bits per heavy atom. The van der Waals surface area contributed by atoms with E-state index in [4.69, 9.17) is 26.8 Å². The van der Waals surface area contributed by atoms with Crippen LogP contribution >= 0.6 is 35.8 Å². The largest absolute Gasteiger partial charge is 0.493 e. The highest BCUT2D eigenvalue weighted by molar-refractivity contribution is 7.99. The first-order chi connectivity index (χ1) is 15.1. The number of thioether (sulfide) groups is 1. The lowest BCUT2D eigenvalue weighted by Crippen LogP contribution is -2.20. The monoisotopic (exact) mass is 498 g/mol. The minimum Gasteiger partial charge on any atom is -0.493 e. The van der Waals surface area contributed by atoms with Gasteiger partial charge in [-0.2, -0.15) is 4.68 Å². The first kappa shape index (κ1) is 25.7. The molecule has 3 rings (SSSR count). The van der Waals surface area contributed by atoms with Gasteiger partial charge in [0.25, 0.3) is 5.91 Å². The number of tetrazole rings is 1. The maximum absolute atomic E-state index is 10.9. The maximum atomic E-state index is 10.9. The zero-order valence-corrected chi connectivity index (χ0v) is 19.8. The van der Waals surface area contributed by atoms with E-state index in [9.17, 15) is 4.79 Å². The number of halogens is 2. The van der Waals surface area contributed by atoms with Gasteiger partial charge >= 0.3 is 0 Å². The molecule has 0 aliphatic heterocycles. The molecule has 0 aliphatic rings. The van der Waals surface area contributed by atoms with Gasteiger partial charge in [0.15, 0.2) is 18.1 Å². The Kier molecular flexibility index (Phi) is 10.5. The lowest BCUT2D eigenvalue weighted by Gasteiger charge is -2.13. The summed E-state index contributed by atoms with van der Waals surface area (Å²) in [6.45, 7) is 1.15. The van der Waals surface area contributed by atoms with Gasteiger partial charge in [-0.3, -0.25) is 4.79 Å². The molecule has 0 fully saturated rings. The van der Waals surface area contributed by atoms with Crippen LogP contribution < -0.4 is 20.5 Å². The van der Waals surface area contributed by atoms with E-state index in [2.05, 4.69) is 20.8 Å². The molecule has 172 valence electrons. The number of rotatable bonds is 12. The molecule has 1 amide bonds. The summed E-state index contributed by atoms with van der Waals surface area (Å²) in [7, 11) is 1.51. The molecular formula is C20H24Cl2N6O3S. The Hall–Kier alpha value is -2.53. The highest BCUT2D eigenvalue weighted by atomic mass is 35.5. The SMILES string of the molecule is COc1cc(CNCCCSc2nnnn2-c2ccccc2)cc(Cl)c1OCC(N)=O.Cl. The molecule has 0 radical (unpaired) electrons. The highest BCUT2D eigenvalue weighted by Gasteiger charge is 2.13. The lowest BCUT2D eigenvalue weighted by molar-refractivity contribution is -0.119. The summed E-state index contributed by atoms with van der Waals surface area (Å²) in [6, 6.07) is 13.4. The Bertz CT molecular complexity index is 1010. The number of aromatic nitrogens is 4. The molecule has 3 aromatic rings. The van der Waals surface area contributed by atoms with Crippen molar-refractivity contribution < 1.29 is 14.3 Å². The van der Waals surface area contributed by atoms with E-state index in [0.717, 1.165) is 35.1 Å². The predicted molar refractivity (Wildman–Crippen MR) is 126 cm³/mol. The van der Waals surface area contributed by atoms with Gasteiger partial charge in [-0.05, 0) is 53.2 Å². The van der Waals surface area contributed by atoms with Crippen LogP contribution in [-0.4, -0.2) is 52.1 Å². The van der Waals surface area contributed by atoms with E-state index in [0.29, 0.717) is 23.1 Å². The Labute approximate surface area is 201 Å². The van der Waals surface area contributed by atoms with E-state index < -0.39 is 5.91 Å². The van der Waals surface area contributed by atoms with Crippen molar-refractivity contribution in [3.05, 3.63) is 53.1 Å². The van der Waals surface area contributed by atoms with Crippen LogP contribution in [0.15, 0.2) is 47.6 Å². The zero-order chi connectivity index (χ0) is 22.1. The molecule has 2 aromatic carbocycles. The van der Waals surface area contributed by atoms with Crippen molar-refractivity contribution in [3.8, 4) is 17.2 Å². The molecule has 1 heterocycles. The van der Waals surface area contributed by atoms with Gasteiger partial charge < -0.3 is 20.5 Å². The summed E-state index contributed by atoms with van der Waals surface area (Å²) in [6.07, 6.45) is 0.928. The number of methoxy groups -OCH3 is 1. The van der Waals surface area contributed by atoms with Crippen molar-refractivity contribution in [2.24, 2.45) is 5.73 Å². The minimum atomic E-state index is -0.584. The molecule has 0 saturated carbocycles. The molecule has 12 heteroatoms. The standard InChI is InChI=1S/C20H23ClN6O3S.ClH/c1-29-17-11-14(10-16(21)19(17)30-13-18(22)28)12-23-8-5-9-31-20-24-25-26-27(20)15-6-3-2-4-7-15;/h2-4,6-7,10-11,23H,5,8-9,12-13H2,1H3,(H2,22,28);1H. The molecule has 0 bridgehead atoms. The summed E-state index contributed by atoms with van der Waals surface area (Å²) in [4.78, 5) is 10.9. The smallest absolute Gasteiger partial charge is 0.255 e. The number of primary amides is 1. The van der Waals surface area contributed by atoms with Crippen LogP contribution in [-0.2, 0) is 11.3 Å². The van der Waals surface area contributed by atoms with Crippen LogP contribution in [0.25, 0.3) is 5.69 Å². The summed E-state index contributed by atoms with van der Waals surface area (Å²) in [5, 5.41) is 16.4. The summed E-state index contributed by atoms with van der Waals surface area (Å²) in [5.74, 6) is 1.04. The number of amides is 1. The van der Waals surface area contributed by atoms with Crippen LogP contribution in [0, 0.1) is 0 Å². The Balaban J connectivity index is 0.00000363. The first-order valence-electron chi connectivity index (χ1n) is 9.53. The second-order valence-corrected chi connectivity index (χ2v) is 7.92. The Morgan fingerprint density at radius 3 is 2.78 bits per heavy atom. The molecule has 0 unspecified atom stereocenters. The van der Waals surface area contributed by atoms with E-state index in [1.54, 1.807) is 22.5 Å².